The Balaban J connectivity index is 1.69. The Morgan fingerprint density at radius 2 is 2.19 bits per heavy atom. The number of hydrogen-bond donors (Lipinski definition) is 3. The minimum atomic E-state index is -0.410. The van der Waals surface area contributed by atoms with Crippen molar-refractivity contribution in [1.29, 1.82) is 0 Å². The second-order valence-electron chi connectivity index (χ2n) is 4.66. The van der Waals surface area contributed by atoms with Gasteiger partial charge in [-0.05, 0) is 25.0 Å². The van der Waals surface area contributed by atoms with Crippen LogP contribution in [0.3, 0.4) is 0 Å². The van der Waals surface area contributed by atoms with Crippen LogP contribution in [0, 0.1) is 6.92 Å². The van der Waals surface area contributed by atoms with E-state index in [0.29, 0.717) is 13.1 Å². The summed E-state index contributed by atoms with van der Waals surface area (Å²) in [5, 5.41) is 9.62. The number of anilines is 1. The third-order valence-corrected chi connectivity index (χ3v) is 2.84. The summed E-state index contributed by atoms with van der Waals surface area (Å²) in [4.78, 5) is 29.4. The molecule has 2 heterocycles. The average molecular weight is 290 g/mol. The fourth-order valence-electron chi connectivity index (χ4n) is 1.67. The van der Waals surface area contributed by atoms with E-state index in [9.17, 15) is 9.59 Å². The highest BCUT2D eigenvalue weighted by molar-refractivity contribution is 5.90. The van der Waals surface area contributed by atoms with E-state index in [0.717, 1.165) is 22.5 Å². The Labute approximate surface area is 121 Å². The molecule has 21 heavy (non-hydrogen) atoms. The van der Waals surface area contributed by atoms with E-state index in [4.69, 9.17) is 0 Å². The Hall–Kier alpha value is -2.64. The van der Waals surface area contributed by atoms with Gasteiger partial charge < -0.3 is 10.6 Å². The molecule has 0 atom stereocenters. The van der Waals surface area contributed by atoms with Crippen molar-refractivity contribution in [1.82, 2.24) is 25.1 Å². The van der Waals surface area contributed by atoms with Gasteiger partial charge in [0.2, 0.25) is 5.82 Å². The molecule has 3 N–H and O–H groups in total. The molecule has 2 aromatic rings. The number of carbonyl (C=O) groups is 1. The van der Waals surface area contributed by atoms with Gasteiger partial charge in [-0.15, -0.1) is 5.10 Å². The highest BCUT2D eigenvalue weighted by Gasteiger charge is 2.10. The van der Waals surface area contributed by atoms with Gasteiger partial charge in [0.25, 0.3) is 5.91 Å². The van der Waals surface area contributed by atoms with Gasteiger partial charge in [0.05, 0.1) is 0 Å². The van der Waals surface area contributed by atoms with Gasteiger partial charge in [-0.3, -0.25) is 9.78 Å². The van der Waals surface area contributed by atoms with E-state index in [2.05, 4.69) is 25.7 Å². The molecule has 8 nitrogen and oxygen atoms in total. The molecule has 0 saturated heterocycles. The van der Waals surface area contributed by atoms with Crippen molar-refractivity contribution in [2.75, 3.05) is 18.4 Å². The van der Waals surface area contributed by atoms with Crippen molar-refractivity contribution in [2.24, 2.45) is 7.05 Å². The molecule has 0 aliphatic heterocycles. The summed E-state index contributed by atoms with van der Waals surface area (Å²) in [6.45, 7) is 3.15. The molecule has 2 rings (SSSR count). The first-order valence-electron chi connectivity index (χ1n) is 6.64. The monoisotopic (exact) mass is 290 g/mol. The zero-order valence-electron chi connectivity index (χ0n) is 12.0. The normalized spacial score (nSPS) is 10.4. The molecular formula is C13H18N6O2. The predicted octanol–water partition coefficient (Wildman–Crippen LogP) is 0.0438. The number of aromatic amines is 1. The Morgan fingerprint density at radius 1 is 1.38 bits per heavy atom. The van der Waals surface area contributed by atoms with E-state index in [1.54, 1.807) is 6.20 Å². The molecule has 0 spiro atoms. The molecule has 8 heteroatoms. The highest BCUT2D eigenvalue weighted by Crippen LogP contribution is 2.03. The molecule has 0 fully saturated rings. The van der Waals surface area contributed by atoms with Crippen LogP contribution in [0.1, 0.15) is 22.6 Å². The number of H-pyrrole nitrogens is 1. The number of carbonyl (C=O) groups excluding carboxylic acids is 1. The summed E-state index contributed by atoms with van der Waals surface area (Å²) in [6.07, 6.45) is 2.53. The number of pyridine rings is 1. The SMILES string of the molecule is Cc1ccc(NCCCNC(=O)c2nn(C)c(=O)[nH]2)nc1. The van der Waals surface area contributed by atoms with E-state index in [-0.39, 0.29) is 11.7 Å². The van der Waals surface area contributed by atoms with Gasteiger partial charge >= 0.3 is 5.69 Å². The molecule has 0 aliphatic carbocycles. The van der Waals surface area contributed by atoms with E-state index in [1.165, 1.54) is 7.05 Å². The topological polar surface area (TPSA) is 105 Å². The summed E-state index contributed by atoms with van der Waals surface area (Å²) >= 11 is 0. The van der Waals surface area contributed by atoms with Crippen LogP contribution >= 0.6 is 0 Å². The first kappa shape index (κ1) is 14.8. The number of amides is 1. The number of rotatable bonds is 6. The van der Waals surface area contributed by atoms with Crippen LogP contribution in [0.15, 0.2) is 23.1 Å². The maximum atomic E-state index is 11.7. The average Bonchev–Trinajstić information content (AvgIpc) is 2.80. The maximum Gasteiger partial charge on any atom is 0.343 e. The summed E-state index contributed by atoms with van der Waals surface area (Å²) in [6, 6.07) is 3.89. The number of hydrogen-bond acceptors (Lipinski definition) is 5. The van der Waals surface area contributed by atoms with Crippen LogP contribution in [-0.2, 0) is 7.05 Å². The zero-order valence-corrected chi connectivity index (χ0v) is 12.0. The molecule has 0 aliphatic rings. The lowest BCUT2D eigenvalue weighted by molar-refractivity contribution is 0.0943. The van der Waals surface area contributed by atoms with E-state index < -0.39 is 5.69 Å². The van der Waals surface area contributed by atoms with Crippen LogP contribution in [0.5, 0.6) is 0 Å². The van der Waals surface area contributed by atoms with Crippen molar-refractivity contribution in [2.45, 2.75) is 13.3 Å². The van der Waals surface area contributed by atoms with Gasteiger partial charge in [0, 0.05) is 26.3 Å². The molecule has 0 radical (unpaired) electrons. The lowest BCUT2D eigenvalue weighted by atomic mass is 10.3. The summed E-state index contributed by atoms with van der Waals surface area (Å²) in [5.41, 5.74) is 0.699. The molecule has 112 valence electrons. The molecule has 1 amide bonds. The number of aryl methyl sites for hydroxylation is 2. The van der Waals surface area contributed by atoms with Crippen LogP contribution in [0.2, 0.25) is 0 Å². The van der Waals surface area contributed by atoms with E-state index >= 15 is 0 Å². The quantitative estimate of drug-likeness (QED) is 0.652. The second kappa shape index (κ2) is 6.69. The van der Waals surface area contributed by atoms with Crippen LogP contribution < -0.4 is 16.3 Å². The van der Waals surface area contributed by atoms with Crippen molar-refractivity contribution in [3.8, 4) is 0 Å². The Bertz CT molecular complexity index is 658. The van der Waals surface area contributed by atoms with Gasteiger partial charge in [-0.25, -0.2) is 14.5 Å². The summed E-state index contributed by atoms with van der Waals surface area (Å²) < 4.78 is 1.08. The predicted molar refractivity (Wildman–Crippen MR) is 78.2 cm³/mol. The van der Waals surface area contributed by atoms with Crippen molar-refractivity contribution >= 4 is 11.7 Å². The van der Waals surface area contributed by atoms with Crippen molar-refractivity contribution in [3.05, 3.63) is 40.2 Å². The fraction of sp³-hybridized carbons (Fsp3) is 0.385. The van der Waals surface area contributed by atoms with Gasteiger partial charge in [-0.1, -0.05) is 6.07 Å². The standard InChI is InChI=1S/C13H18N6O2/c1-9-4-5-10(16-8-9)14-6-3-7-15-12(20)11-17-13(21)19(2)18-11/h4-5,8H,3,6-7H2,1-2H3,(H,14,16)(H,15,20)(H,17,18,21). The number of aromatic nitrogens is 4. The van der Waals surface area contributed by atoms with Gasteiger partial charge in [0.1, 0.15) is 5.82 Å². The first-order valence-corrected chi connectivity index (χ1v) is 6.64. The smallest absolute Gasteiger partial charge is 0.343 e. The third kappa shape index (κ3) is 4.16. The maximum absolute atomic E-state index is 11.7. The van der Waals surface area contributed by atoms with Crippen LogP contribution in [0.25, 0.3) is 0 Å². The molecular weight excluding hydrogens is 272 g/mol. The molecule has 2 aromatic heterocycles. The molecule has 0 unspecified atom stereocenters. The fourth-order valence-corrected chi connectivity index (χ4v) is 1.67. The van der Waals surface area contributed by atoms with Crippen LogP contribution in [0.4, 0.5) is 5.82 Å². The van der Waals surface area contributed by atoms with Crippen molar-refractivity contribution in [3.63, 3.8) is 0 Å². The van der Waals surface area contributed by atoms with E-state index in [1.807, 2.05) is 19.1 Å². The highest BCUT2D eigenvalue weighted by atomic mass is 16.2. The molecule has 0 saturated carbocycles. The Kier molecular flexibility index (Phi) is 4.70. The van der Waals surface area contributed by atoms with Crippen molar-refractivity contribution < 1.29 is 4.79 Å². The number of nitrogens with one attached hydrogen (secondary N) is 3. The first-order chi connectivity index (χ1) is 10.1. The van der Waals surface area contributed by atoms with Crippen LogP contribution in [-0.4, -0.2) is 38.7 Å². The van der Waals surface area contributed by atoms with Gasteiger partial charge in [-0.2, -0.15) is 0 Å². The third-order valence-electron chi connectivity index (χ3n) is 2.84. The lowest BCUT2D eigenvalue weighted by Gasteiger charge is -2.06. The summed E-state index contributed by atoms with van der Waals surface area (Å²) in [7, 11) is 1.48. The second-order valence-corrected chi connectivity index (χ2v) is 4.66. The minimum absolute atomic E-state index is 0.0238. The largest absolute Gasteiger partial charge is 0.370 e. The van der Waals surface area contributed by atoms with Gasteiger partial charge in [0.15, 0.2) is 0 Å². The minimum Gasteiger partial charge on any atom is -0.370 e. The molecule has 0 aromatic carbocycles. The summed E-state index contributed by atoms with van der Waals surface area (Å²) in [5.74, 6) is 0.442. The Morgan fingerprint density at radius 3 is 2.81 bits per heavy atom. The number of nitrogens with zero attached hydrogens (tertiary/aromatic N) is 3. The molecule has 0 bridgehead atoms. The lowest BCUT2D eigenvalue weighted by Crippen LogP contribution is -2.27. The zero-order chi connectivity index (χ0) is 15.2.